The largest absolute Gasteiger partial charge is 0.305 e. The third-order valence-corrected chi connectivity index (χ3v) is 3.76. The zero-order valence-corrected chi connectivity index (χ0v) is 11.9. The number of sulfone groups is 1. The molecule has 0 saturated carbocycles. The molecule has 1 aromatic carbocycles. The highest BCUT2D eigenvalue weighted by Crippen LogP contribution is 2.17. The normalized spacial score (nSPS) is 11.1. The molecular weight excluding hydrogens is 302 g/mol. The van der Waals surface area contributed by atoms with Crippen molar-refractivity contribution in [2.75, 3.05) is 11.6 Å². The van der Waals surface area contributed by atoms with Gasteiger partial charge in [-0.1, -0.05) is 23.7 Å². The van der Waals surface area contributed by atoms with Gasteiger partial charge in [0.1, 0.15) is 0 Å². The van der Waals surface area contributed by atoms with Crippen molar-refractivity contribution in [2.24, 2.45) is 0 Å². The maximum atomic E-state index is 12.1. The van der Waals surface area contributed by atoms with E-state index >= 15 is 0 Å². The molecule has 0 fully saturated rings. The third-order valence-electron chi connectivity index (χ3n) is 2.40. The minimum atomic E-state index is -3.50. The van der Waals surface area contributed by atoms with Gasteiger partial charge in [-0.15, -0.1) is 10.2 Å². The number of hydrogen-bond donors (Lipinski definition) is 1. The van der Waals surface area contributed by atoms with Crippen molar-refractivity contribution in [3.63, 3.8) is 0 Å². The highest BCUT2D eigenvalue weighted by atomic mass is 35.5. The van der Waals surface area contributed by atoms with Crippen molar-refractivity contribution in [1.29, 1.82) is 0 Å². The highest BCUT2D eigenvalue weighted by Gasteiger charge is 2.18. The van der Waals surface area contributed by atoms with Crippen LogP contribution < -0.4 is 5.32 Å². The second kappa shape index (κ2) is 5.56. The molecule has 0 unspecified atom stereocenters. The molecule has 1 amide bonds. The van der Waals surface area contributed by atoms with Crippen LogP contribution in [0.15, 0.2) is 41.3 Å². The number of amides is 1. The number of nitrogens with one attached hydrogen (secondary N) is 1. The third kappa shape index (κ3) is 3.31. The van der Waals surface area contributed by atoms with E-state index in [4.69, 9.17) is 11.6 Å². The number of benzene rings is 1. The molecule has 0 radical (unpaired) electrons. The Morgan fingerprint density at radius 3 is 2.45 bits per heavy atom. The van der Waals surface area contributed by atoms with Crippen LogP contribution in [0.3, 0.4) is 0 Å². The first kappa shape index (κ1) is 14.4. The molecule has 6 nitrogen and oxygen atoms in total. The Morgan fingerprint density at radius 2 is 1.85 bits per heavy atom. The Balaban J connectivity index is 2.33. The van der Waals surface area contributed by atoms with Crippen LogP contribution in [0.4, 0.5) is 5.82 Å². The molecule has 1 aromatic heterocycles. The van der Waals surface area contributed by atoms with Crippen LogP contribution in [0.25, 0.3) is 0 Å². The fourth-order valence-electron chi connectivity index (χ4n) is 1.54. The number of hydrogen-bond acceptors (Lipinski definition) is 5. The second-order valence-electron chi connectivity index (χ2n) is 3.96. The topological polar surface area (TPSA) is 89.0 Å². The fraction of sp³-hybridized carbons (Fsp3) is 0.0833. The molecule has 0 atom stereocenters. The Bertz CT molecular complexity index is 745. The Morgan fingerprint density at radius 1 is 1.15 bits per heavy atom. The van der Waals surface area contributed by atoms with Crippen LogP contribution in [-0.4, -0.2) is 30.8 Å². The van der Waals surface area contributed by atoms with E-state index in [2.05, 4.69) is 15.5 Å². The lowest BCUT2D eigenvalue weighted by molar-refractivity contribution is 0.102. The van der Waals surface area contributed by atoms with E-state index in [0.717, 1.165) is 6.26 Å². The average molecular weight is 312 g/mol. The molecule has 0 aliphatic carbocycles. The Kier molecular flexibility index (Phi) is 4.01. The van der Waals surface area contributed by atoms with E-state index < -0.39 is 15.7 Å². The van der Waals surface area contributed by atoms with Gasteiger partial charge in [-0.3, -0.25) is 4.79 Å². The van der Waals surface area contributed by atoms with Crippen LogP contribution >= 0.6 is 11.6 Å². The number of nitrogens with zero attached hydrogens (tertiary/aromatic N) is 2. The first-order valence-corrected chi connectivity index (χ1v) is 7.74. The lowest BCUT2D eigenvalue weighted by Gasteiger charge is -2.07. The summed E-state index contributed by atoms with van der Waals surface area (Å²) in [5, 5.41) is 9.91. The number of rotatable bonds is 3. The van der Waals surface area contributed by atoms with Gasteiger partial charge >= 0.3 is 0 Å². The van der Waals surface area contributed by atoms with E-state index in [9.17, 15) is 13.2 Å². The number of anilines is 1. The van der Waals surface area contributed by atoms with Gasteiger partial charge in [0.05, 0.1) is 10.5 Å². The lowest BCUT2D eigenvalue weighted by Crippen LogP contribution is -2.16. The van der Waals surface area contributed by atoms with E-state index in [1.807, 2.05) is 0 Å². The van der Waals surface area contributed by atoms with Crippen molar-refractivity contribution in [3.8, 4) is 0 Å². The smallest absolute Gasteiger partial charge is 0.258 e. The lowest BCUT2D eigenvalue weighted by atomic mass is 10.2. The maximum Gasteiger partial charge on any atom is 0.258 e. The van der Waals surface area contributed by atoms with Crippen molar-refractivity contribution in [2.45, 2.75) is 4.90 Å². The summed E-state index contributed by atoms with van der Waals surface area (Å²) in [5.74, 6) is -0.398. The van der Waals surface area contributed by atoms with E-state index in [-0.39, 0.29) is 21.4 Å². The summed E-state index contributed by atoms with van der Waals surface area (Å²) in [6, 6.07) is 8.86. The van der Waals surface area contributed by atoms with Gasteiger partial charge in [0.25, 0.3) is 5.91 Å². The Labute approximate surface area is 120 Å². The SMILES string of the molecule is CS(=O)(=O)c1ccccc1C(=O)Nc1ccc(Cl)nn1. The van der Waals surface area contributed by atoms with Crippen molar-refractivity contribution in [3.05, 3.63) is 47.1 Å². The van der Waals surface area contributed by atoms with E-state index in [1.54, 1.807) is 12.1 Å². The average Bonchev–Trinajstić information content (AvgIpc) is 2.40. The quantitative estimate of drug-likeness (QED) is 0.933. The first-order valence-electron chi connectivity index (χ1n) is 5.47. The van der Waals surface area contributed by atoms with Gasteiger partial charge in [0, 0.05) is 6.26 Å². The summed E-state index contributed by atoms with van der Waals surface area (Å²) in [6.45, 7) is 0. The molecule has 104 valence electrons. The van der Waals surface area contributed by atoms with E-state index in [0.29, 0.717) is 0 Å². The second-order valence-corrected chi connectivity index (χ2v) is 6.34. The summed E-state index contributed by atoms with van der Waals surface area (Å²) in [4.78, 5) is 12.0. The molecule has 0 aliphatic heterocycles. The zero-order chi connectivity index (χ0) is 14.8. The molecular formula is C12H10ClN3O3S. The molecule has 0 bridgehead atoms. The molecule has 20 heavy (non-hydrogen) atoms. The van der Waals surface area contributed by atoms with Gasteiger partial charge in [-0.2, -0.15) is 0 Å². The number of carbonyl (C=O) groups excluding carboxylic acids is 1. The summed E-state index contributed by atoms with van der Waals surface area (Å²) >= 11 is 5.58. The number of halogens is 1. The van der Waals surface area contributed by atoms with Crippen LogP contribution in [0.2, 0.25) is 5.15 Å². The predicted molar refractivity (Wildman–Crippen MR) is 74.5 cm³/mol. The minimum Gasteiger partial charge on any atom is -0.305 e. The molecule has 2 aromatic rings. The summed E-state index contributed by atoms with van der Waals surface area (Å²) in [7, 11) is -3.50. The van der Waals surface area contributed by atoms with Crippen LogP contribution in [0.5, 0.6) is 0 Å². The molecule has 2 rings (SSSR count). The van der Waals surface area contributed by atoms with Gasteiger partial charge in [-0.05, 0) is 24.3 Å². The van der Waals surface area contributed by atoms with Crippen LogP contribution in [0, 0.1) is 0 Å². The molecule has 0 aliphatic rings. The van der Waals surface area contributed by atoms with Crippen LogP contribution in [-0.2, 0) is 9.84 Å². The van der Waals surface area contributed by atoms with Gasteiger partial charge in [0.15, 0.2) is 20.8 Å². The van der Waals surface area contributed by atoms with Gasteiger partial charge in [-0.25, -0.2) is 8.42 Å². The van der Waals surface area contributed by atoms with Gasteiger partial charge in [0.2, 0.25) is 0 Å². The van der Waals surface area contributed by atoms with Gasteiger partial charge < -0.3 is 5.32 Å². The van der Waals surface area contributed by atoms with Crippen molar-refractivity contribution >= 4 is 33.2 Å². The standard InChI is InChI=1S/C12H10ClN3O3S/c1-20(18,19)9-5-3-2-4-8(9)12(17)14-11-7-6-10(13)15-16-11/h2-7H,1H3,(H,14,16,17). The first-order chi connectivity index (χ1) is 9.38. The predicted octanol–water partition coefficient (Wildman–Crippen LogP) is 1.79. The highest BCUT2D eigenvalue weighted by molar-refractivity contribution is 7.90. The molecule has 1 heterocycles. The summed E-state index contributed by atoms with van der Waals surface area (Å²) < 4.78 is 23.3. The van der Waals surface area contributed by atoms with Crippen molar-refractivity contribution in [1.82, 2.24) is 10.2 Å². The zero-order valence-electron chi connectivity index (χ0n) is 10.4. The molecule has 0 saturated heterocycles. The monoisotopic (exact) mass is 311 g/mol. The minimum absolute atomic E-state index is 0.0422. The fourth-order valence-corrected chi connectivity index (χ4v) is 2.53. The number of aromatic nitrogens is 2. The van der Waals surface area contributed by atoms with Crippen molar-refractivity contribution < 1.29 is 13.2 Å². The maximum absolute atomic E-state index is 12.1. The molecule has 1 N–H and O–H groups in total. The Hall–Kier alpha value is -1.99. The molecule has 8 heteroatoms. The number of carbonyl (C=O) groups is 1. The summed E-state index contributed by atoms with van der Waals surface area (Å²) in [6.07, 6.45) is 1.04. The summed E-state index contributed by atoms with van der Waals surface area (Å²) in [5.41, 5.74) is 0.0479. The molecule has 0 spiro atoms. The van der Waals surface area contributed by atoms with E-state index in [1.165, 1.54) is 24.3 Å². The van der Waals surface area contributed by atoms with Crippen LogP contribution in [0.1, 0.15) is 10.4 Å².